The Morgan fingerprint density at radius 3 is 2.40 bits per heavy atom. The van der Waals surface area contributed by atoms with E-state index in [1.54, 1.807) is 15.6 Å². The topological polar surface area (TPSA) is 140 Å². The van der Waals surface area contributed by atoms with Crippen LogP contribution in [-0.4, -0.2) is 102 Å². The summed E-state index contributed by atoms with van der Waals surface area (Å²) in [6.45, 7) is 15.2. The second-order valence-corrected chi connectivity index (χ2v) is 17.7. The number of nitrogens with two attached hydrogens (primary N) is 1. The van der Waals surface area contributed by atoms with Crippen molar-refractivity contribution in [2.45, 2.75) is 53.6 Å². The third-order valence-corrected chi connectivity index (χ3v) is 11.3. The number of fused-ring (bicyclic) bond motifs is 2. The third-order valence-electron chi connectivity index (χ3n) is 8.93. The van der Waals surface area contributed by atoms with Gasteiger partial charge in [-0.2, -0.15) is 9.40 Å². The fourth-order valence-corrected chi connectivity index (χ4v) is 9.27. The molecule has 6 rings (SSSR count). The van der Waals surface area contributed by atoms with Gasteiger partial charge in [0.25, 0.3) is 0 Å². The minimum absolute atomic E-state index is 0.120. The quantitative estimate of drug-likeness (QED) is 0.249. The van der Waals surface area contributed by atoms with Gasteiger partial charge < -0.3 is 15.4 Å². The number of aromatic nitrogens is 4. The molecule has 254 valence electrons. The number of sulfonamides is 1. The highest BCUT2D eigenvalue weighted by molar-refractivity contribution is 7.88. The van der Waals surface area contributed by atoms with Gasteiger partial charge in [-0.25, -0.2) is 18.4 Å². The Kier molecular flexibility index (Phi) is 9.35. The second kappa shape index (κ2) is 13.0. The van der Waals surface area contributed by atoms with E-state index >= 15 is 0 Å². The van der Waals surface area contributed by atoms with Crippen LogP contribution in [0.1, 0.15) is 45.4 Å². The van der Waals surface area contributed by atoms with Gasteiger partial charge in [-0.15, -0.1) is 11.3 Å². The van der Waals surface area contributed by atoms with Crippen molar-refractivity contribution in [3.63, 3.8) is 0 Å². The number of nitrogens with zero attached hydrogens (tertiary/aromatic N) is 7. The van der Waals surface area contributed by atoms with Gasteiger partial charge in [0, 0.05) is 80.8 Å². The molecule has 0 unspecified atom stereocenters. The number of rotatable bonds is 11. The minimum Gasteiger partial charge on any atom is -0.378 e. The molecule has 14 heteroatoms. The Hall–Kier alpha value is -3.17. The average Bonchev–Trinajstić information content (AvgIpc) is 3.58. The zero-order valence-electron chi connectivity index (χ0n) is 28.0. The zero-order valence-corrected chi connectivity index (χ0v) is 29.7. The maximum absolute atomic E-state index is 12.0. The van der Waals surface area contributed by atoms with E-state index in [-0.39, 0.29) is 16.7 Å². The molecule has 1 amide bonds. The molecule has 2 saturated heterocycles. The summed E-state index contributed by atoms with van der Waals surface area (Å²) < 4.78 is 34.3. The van der Waals surface area contributed by atoms with E-state index in [0.29, 0.717) is 58.2 Å². The van der Waals surface area contributed by atoms with Crippen molar-refractivity contribution in [3.8, 4) is 11.4 Å². The van der Waals surface area contributed by atoms with Gasteiger partial charge in [-0.05, 0) is 29.4 Å². The standard InChI is InChI=1S/C33H46N8O4S2/c1-32(2,18-28(34)42)21-33(3,4)22-40-20-25-24(7-6-8-26(25)37-40)30-35-27-17-23(19-38-9-11-41(12-10-38)47(5,43)44)46-29(27)31(36-30)39-13-15-45-16-14-39/h6-8,17,20H,9-16,18-19,21-22H2,1-5H3,(H2,34,42). The first-order chi connectivity index (χ1) is 22.2. The lowest BCUT2D eigenvalue weighted by atomic mass is 9.73. The van der Waals surface area contributed by atoms with Crippen LogP contribution in [0.25, 0.3) is 32.5 Å². The molecule has 2 N–H and O–H groups in total. The molecule has 0 atom stereocenters. The molecule has 5 heterocycles. The fourth-order valence-electron chi connectivity index (χ4n) is 7.28. The summed E-state index contributed by atoms with van der Waals surface area (Å²) in [6, 6.07) is 8.26. The normalized spacial score (nSPS) is 17.6. The van der Waals surface area contributed by atoms with Crippen molar-refractivity contribution in [1.82, 2.24) is 29.0 Å². The average molecular weight is 683 g/mol. The maximum Gasteiger partial charge on any atom is 0.217 e. The smallest absolute Gasteiger partial charge is 0.217 e. The number of amides is 1. The number of anilines is 1. The Labute approximate surface area is 280 Å². The van der Waals surface area contributed by atoms with Crippen molar-refractivity contribution >= 4 is 54.2 Å². The lowest BCUT2D eigenvalue weighted by Crippen LogP contribution is -2.47. The van der Waals surface area contributed by atoms with Crippen LogP contribution in [-0.2, 0) is 32.6 Å². The monoisotopic (exact) mass is 682 g/mol. The van der Waals surface area contributed by atoms with E-state index in [9.17, 15) is 13.2 Å². The fraction of sp³-hybridized carbons (Fsp3) is 0.576. The first kappa shape index (κ1) is 33.7. The molecule has 2 fully saturated rings. The van der Waals surface area contributed by atoms with Crippen molar-refractivity contribution in [2.24, 2.45) is 16.6 Å². The predicted octanol–water partition coefficient (Wildman–Crippen LogP) is 3.94. The van der Waals surface area contributed by atoms with Gasteiger partial charge in [0.2, 0.25) is 15.9 Å². The van der Waals surface area contributed by atoms with E-state index in [0.717, 1.165) is 58.6 Å². The Morgan fingerprint density at radius 2 is 1.72 bits per heavy atom. The summed E-state index contributed by atoms with van der Waals surface area (Å²) in [4.78, 5) is 27.8. The molecule has 0 radical (unpaired) electrons. The van der Waals surface area contributed by atoms with E-state index < -0.39 is 10.0 Å². The molecule has 0 spiro atoms. The molecule has 2 aliphatic heterocycles. The summed E-state index contributed by atoms with van der Waals surface area (Å²) >= 11 is 1.72. The number of hydrogen-bond donors (Lipinski definition) is 1. The van der Waals surface area contributed by atoms with Gasteiger partial charge in [0.1, 0.15) is 0 Å². The largest absolute Gasteiger partial charge is 0.378 e. The molecule has 12 nitrogen and oxygen atoms in total. The molecular weight excluding hydrogens is 637 g/mol. The number of piperazine rings is 1. The lowest BCUT2D eigenvalue weighted by molar-refractivity contribution is -0.120. The van der Waals surface area contributed by atoms with Gasteiger partial charge in [0.15, 0.2) is 11.6 Å². The van der Waals surface area contributed by atoms with Gasteiger partial charge in [-0.1, -0.05) is 39.8 Å². The highest BCUT2D eigenvalue weighted by Crippen LogP contribution is 2.39. The lowest BCUT2D eigenvalue weighted by Gasteiger charge is -2.34. The minimum atomic E-state index is -3.17. The summed E-state index contributed by atoms with van der Waals surface area (Å²) in [7, 11) is -3.17. The van der Waals surface area contributed by atoms with Crippen LogP contribution >= 0.6 is 11.3 Å². The van der Waals surface area contributed by atoms with Gasteiger partial charge in [-0.3, -0.25) is 14.4 Å². The number of primary amides is 1. The molecule has 4 aromatic rings. The van der Waals surface area contributed by atoms with E-state index in [4.69, 9.17) is 25.5 Å². The number of thiophene rings is 1. The molecular formula is C33H46N8O4S2. The number of morpholine rings is 1. The summed E-state index contributed by atoms with van der Waals surface area (Å²) in [5.74, 6) is 1.31. The third kappa shape index (κ3) is 7.94. The molecule has 3 aromatic heterocycles. The van der Waals surface area contributed by atoms with E-state index in [2.05, 4.69) is 55.8 Å². The zero-order chi connectivity index (χ0) is 33.6. The van der Waals surface area contributed by atoms with Crippen LogP contribution in [0.2, 0.25) is 0 Å². The Morgan fingerprint density at radius 1 is 1.00 bits per heavy atom. The van der Waals surface area contributed by atoms with Crippen LogP contribution in [0.4, 0.5) is 5.82 Å². The number of carbonyl (C=O) groups is 1. The summed E-state index contributed by atoms with van der Waals surface area (Å²) in [5, 5.41) is 5.93. The van der Waals surface area contributed by atoms with Crippen LogP contribution in [0.5, 0.6) is 0 Å². The molecule has 0 bridgehead atoms. The van der Waals surface area contributed by atoms with Crippen molar-refractivity contribution in [2.75, 3.05) is 63.6 Å². The number of hydrogen-bond acceptors (Lipinski definition) is 10. The Bertz CT molecular complexity index is 1870. The van der Waals surface area contributed by atoms with Crippen LogP contribution < -0.4 is 10.6 Å². The summed E-state index contributed by atoms with van der Waals surface area (Å²) in [5.41, 5.74) is 7.92. The van der Waals surface area contributed by atoms with Crippen molar-refractivity contribution in [3.05, 3.63) is 35.3 Å². The number of ether oxygens (including phenoxy) is 1. The first-order valence-corrected chi connectivity index (χ1v) is 18.9. The molecule has 47 heavy (non-hydrogen) atoms. The van der Waals surface area contributed by atoms with Crippen LogP contribution in [0.15, 0.2) is 30.5 Å². The molecule has 0 saturated carbocycles. The van der Waals surface area contributed by atoms with Gasteiger partial charge >= 0.3 is 0 Å². The highest BCUT2D eigenvalue weighted by Gasteiger charge is 2.31. The number of benzene rings is 1. The summed E-state index contributed by atoms with van der Waals surface area (Å²) in [6.07, 6.45) is 4.53. The van der Waals surface area contributed by atoms with Crippen molar-refractivity contribution < 1.29 is 17.9 Å². The maximum atomic E-state index is 12.0. The highest BCUT2D eigenvalue weighted by atomic mass is 32.2. The van der Waals surface area contributed by atoms with Gasteiger partial charge in [0.05, 0.1) is 35.2 Å². The first-order valence-electron chi connectivity index (χ1n) is 16.2. The van der Waals surface area contributed by atoms with Crippen LogP contribution in [0, 0.1) is 10.8 Å². The Balaban J connectivity index is 1.31. The van der Waals surface area contributed by atoms with E-state index in [1.807, 2.05) is 16.8 Å². The van der Waals surface area contributed by atoms with Crippen molar-refractivity contribution in [1.29, 1.82) is 0 Å². The van der Waals surface area contributed by atoms with E-state index in [1.165, 1.54) is 11.1 Å². The molecule has 1 aromatic carbocycles. The molecule has 2 aliphatic rings. The SMILES string of the molecule is CC(C)(CC(N)=O)CC(C)(C)Cn1cc2c(-c3nc(N4CCOCC4)c4sc(CN5CCN(S(C)(=O)=O)CC5)cc4n3)cccc2n1. The second-order valence-electron chi connectivity index (χ2n) is 14.5. The number of carbonyl (C=O) groups excluding carboxylic acids is 1. The predicted molar refractivity (Wildman–Crippen MR) is 187 cm³/mol. The van der Waals surface area contributed by atoms with Crippen LogP contribution in [0.3, 0.4) is 0 Å². The molecule has 0 aliphatic carbocycles.